The van der Waals surface area contributed by atoms with Crippen molar-refractivity contribution < 1.29 is 24.9 Å². The first kappa shape index (κ1) is 22.0. The van der Waals surface area contributed by atoms with Gasteiger partial charge in [0.1, 0.15) is 5.75 Å². The number of nitrogens with one attached hydrogen (secondary N) is 1. The molecule has 1 aliphatic carbocycles. The average Bonchev–Trinajstić information content (AvgIpc) is 2.76. The maximum Gasteiger partial charge on any atom is 0.330 e. The molecule has 2 atom stereocenters. The van der Waals surface area contributed by atoms with Crippen molar-refractivity contribution in [1.82, 2.24) is 5.32 Å². The van der Waals surface area contributed by atoms with Gasteiger partial charge in [0.15, 0.2) is 0 Å². The summed E-state index contributed by atoms with van der Waals surface area (Å²) in [6.45, 7) is 2.25. The van der Waals surface area contributed by atoms with Crippen molar-refractivity contribution in [2.45, 2.75) is 44.9 Å². The van der Waals surface area contributed by atoms with E-state index in [-0.39, 0.29) is 24.4 Å². The summed E-state index contributed by atoms with van der Waals surface area (Å²) in [7, 11) is 0. The van der Waals surface area contributed by atoms with Crippen LogP contribution < -0.4 is 5.32 Å². The standard InChI is InChI=1S/C24H29NO5/c1-2-30-24(29)10-4-16-3-5-17-6-8-21(13-19(17)11-16)25-14-23(28)18-7-9-22(27)20(12-18)15-26/h3-5,7,9-12,21,23,25-28H,2,6,8,13-15H2,1H3/t21-,23+/m0/s1. The van der Waals surface area contributed by atoms with E-state index in [9.17, 15) is 20.1 Å². The van der Waals surface area contributed by atoms with E-state index in [1.54, 1.807) is 25.1 Å². The summed E-state index contributed by atoms with van der Waals surface area (Å²) in [5.41, 5.74) is 4.58. The maximum atomic E-state index is 11.5. The molecular weight excluding hydrogens is 382 g/mol. The molecule has 0 radical (unpaired) electrons. The van der Waals surface area contributed by atoms with Crippen molar-refractivity contribution in [1.29, 1.82) is 0 Å². The molecule has 160 valence electrons. The lowest BCUT2D eigenvalue weighted by Crippen LogP contribution is -2.37. The molecule has 30 heavy (non-hydrogen) atoms. The zero-order valence-corrected chi connectivity index (χ0v) is 17.2. The second-order valence-electron chi connectivity index (χ2n) is 7.52. The third kappa shape index (κ3) is 5.69. The van der Waals surface area contributed by atoms with Crippen LogP contribution in [0.15, 0.2) is 42.5 Å². The van der Waals surface area contributed by atoms with Gasteiger partial charge in [-0.15, -0.1) is 0 Å². The van der Waals surface area contributed by atoms with Crippen LogP contribution in [0.25, 0.3) is 6.08 Å². The molecule has 1 aliphatic rings. The third-order valence-corrected chi connectivity index (χ3v) is 5.42. The van der Waals surface area contributed by atoms with Crippen LogP contribution in [0.1, 0.15) is 47.3 Å². The van der Waals surface area contributed by atoms with E-state index in [0.717, 1.165) is 24.8 Å². The molecule has 0 spiro atoms. The van der Waals surface area contributed by atoms with Gasteiger partial charge in [-0.25, -0.2) is 4.79 Å². The Morgan fingerprint density at radius 2 is 2.10 bits per heavy atom. The summed E-state index contributed by atoms with van der Waals surface area (Å²) >= 11 is 0. The molecule has 0 heterocycles. The molecule has 0 saturated carbocycles. The summed E-state index contributed by atoms with van der Waals surface area (Å²) in [4.78, 5) is 11.5. The van der Waals surface area contributed by atoms with Gasteiger partial charge in [0.05, 0.1) is 19.3 Å². The Morgan fingerprint density at radius 1 is 1.27 bits per heavy atom. The first-order valence-corrected chi connectivity index (χ1v) is 10.3. The second kappa shape index (κ2) is 10.4. The summed E-state index contributed by atoms with van der Waals surface area (Å²) in [6.07, 6.45) is 5.27. The molecule has 6 nitrogen and oxygen atoms in total. The number of esters is 1. The summed E-state index contributed by atoms with van der Waals surface area (Å²) in [5.74, 6) is -0.319. The lowest BCUT2D eigenvalue weighted by Gasteiger charge is -2.27. The highest BCUT2D eigenvalue weighted by Crippen LogP contribution is 2.25. The Hall–Kier alpha value is -2.67. The van der Waals surface area contributed by atoms with E-state index in [0.29, 0.717) is 24.3 Å². The van der Waals surface area contributed by atoms with E-state index < -0.39 is 6.10 Å². The fourth-order valence-electron chi connectivity index (χ4n) is 3.75. The molecular formula is C24H29NO5. The third-order valence-electron chi connectivity index (χ3n) is 5.42. The van der Waals surface area contributed by atoms with Gasteiger partial charge in [0.25, 0.3) is 0 Å². The highest BCUT2D eigenvalue weighted by Gasteiger charge is 2.20. The quantitative estimate of drug-likeness (QED) is 0.394. The van der Waals surface area contributed by atoms with Gasteiger partial charge in [-0.3, -0.25) is 0 Å². The summed E-state index contributed by atoms with van der Waals surface area (Å²) in [5, 5.41) is 32.9. The van der Waals surface area contributed by atoms with Crippen molar-refractivity contribution in [3.63, 3.8) is 0 Å². The predicted molar refractivity (Wildman–Crippen MR) is 115 cm³/mol. The van der Waals surface area contributed by atoms with Crippen LogP contribution in [0.4, 0.5) is 0 Å². The highest BCUT2D eigenvalue weighted by atomic mass is 16.5. The molecule has 2 aromatic carbocycles. The molecule has 0 saturated heterocycles. The van der Waals surface area contributed by atoms with Crippen molar-refractivity contribution in [2.75, 3.05) is 13.2 Å². The monoisotopic (exact) mass is 411 g/mol. The van der Waals surface area contributed by atoms with Gasteiger partial charge in [0, 0.05) is 24.2 Å². The minimum Gasteiger partial charge on any atom is -0.508 e. The molecule has 0 aliphatic heterocycles. The highest BCUT2D eigenvalue weighted by molar-refractivity contribution is 5.87. The number of fused-ring (bicyclic) bond motifs is 1. The number of aliphatic hydroxyl groups excluding tert-OH is 2. The molecule has 2 aromatic rings. The molecule has 0 fully saturated rings. The van der Waals surface area contributed by atoms with E-state index in [2.05, 4.69) is 17.4 Å². The topological polar surface area (TPSA) is 99.0 Å². The average molecular weight is 411 g/mol. The second-order valence-corrected chi connectivity index (χ2v) is 7.52. The molecule has 3 rings (SSSR count). The van der Waals surface area contributed by atoms with Crippen LogP contribution in [-0.2, 0) is 29.0 Å². The zero-order chi connectivity index (χ0) is 21.5. The Morgan fingerprint density at radius 3 is 2.87 bits per heavy atom. The van der Waals surface area contributed by atoms with Gasteiger partial charge in [-0.2, -0.15) is 0 Å². The first-order chi connectivity index (χ1) is 14.5. The zero-order valence-electron chi connectivity index (χ0n) is 17.2. The Labute approximate surface area is 176 Å². The number of carbonyl (C=O) groups excluding carboxylic acids is 1. The summed E-state index contributed by atoms with van der Waals surface area (Å²) in [6, 6.07) is 11.2. The number of aromatic hydroxyl groups is 1. The maximum absolute atomic E-state index is 11.5. The Kier molecular flexibility index (Phi) is 7.63. The lowest BCUT2D eigenvalue weighted by atomic mass is 9.87. The van der Waals surface area contributed by atoms with Crippen LogP contribution in [0.2, 0.25) is 0 Å². The number of rotatable bonds is 8. The number of hydrogen-bond donors (Lipinski definition) is 4. The number of aliphatic hydroxyl groups is 2. The van der Waals surface area contributed by atoms with Crippen LogP contribution >= 0.6 is 0 Å². The first-order valence-electron chi connectivity index (χ1n) is 10.3. The van der Waals surface area contributed by atoms with E-state index in [1.807, 2.05) is 6.07 Å². The van der Waals surface area contributed by atoms with E-state index in [1.165, 1.54) is 23.3 Å². The number of phenols is 1. The molecule has 0 aromatic heterocycles. The fraction of sp³-hybridized carbons (Fsp3) is 0.375. The minimum atomic E-state index is -0.726. The van der Waals surface area contributed by atoms with Crippen LogP contribution in [0, 0.1) is 0 Å². The Balaban J connectivity index is 1.59. The number of ether oxygens (including phenoxy) is 1. The Bertz CT molecular complexity index is 908. The predicted octanol–water partition coefficient (Wildman–Crippen LogP) is 2.64. The van der Waals surface area contributed by atoms with Gasteiger partial charge < -0.3 is 25.4 Å². The number of carbonyl (C=O) groups is 1. The molecule has 4 N–H and O–H groups in total. The van der Waals surface area contributed by atoms with E-state index >= 15 is 0 Å². The number of hydrogen-bond acceptors (Lipinski definition) is 6. The number of benzene rings is 2. The summed E-state index contributed by atoms with van der Waals surface area (Å²) < 4.78 is 4.92. The van der Waals surface area contributed by atoms with Crippen molar-refractivity contribution >= 4 is 12.0 Å². The smallest absolute Gasteiger partial charge is 0.330 e. The largest absolute Gasteiger partial charge is 0.508 e. The molecule has 0 unspecified atom stereocenters. The van der Waals surface area contributed by atoms with Crippen LogP contribution in [-0.4, -0.2) is 40.5 Å². The fourth-order valence-corrected chi connectivity index (χ4v) is 3.75. The van der Waals surface area contributed by atoms with Gasteiger partial charge >= 0.3 is 5.97 Å². The van der Waals surface area contributed by atoms with Crippen molar-refractivity contribution in [3.8, 4) is 5.75 Å². The molecule has 6 heteroatoms. The molecule has 0 amide bonds. The normalized spacial score (nSPS) is 17.0. The van der Waals surface area contributed by atoms with Gasteiger partial charge in [-0.05, 0) is 66.6 Å². The van der Waals surface area contributed by atoms with Crippen LogP contribution in [0.5, 0.6) is 5.75 Å². The minimum absolute atomic E-state index is 0.0260. The number of aryl methyl sites for hydroxylation is 1. The van der Waals surface area contributed by atoms with Crippen molar-refractivity contribution in [3.05, 3.63) is 70.3 Å². The van der Waals surface area contributed by atoms with E-state index in [4.69, 9.17) is 4.74 Å². The molecule has 0 bridgehead atoms. The van der Waals surface area contributed by atoms with Gasteiger partial charge in [0.2, 0.25) is 0 Å². The van der Waals surface area contributed by atoms with Crippen molar-refractivity contribution in [2.24, 2.45) is 0 Å². The van der Waals surface area contributed by atoms with Gasteiger partial charge in [-0.1, -0.05) is 24.3 Å². The SMILES string of the molecule is CCOC(=O)C=Cc1ccc2c(c1)C[C@@H](NC[C@@H](O)c1ccc(O)c(CO)c1)CC2. The lowest BCUT2D eigenvalue weighted by molar-refractivity contribution is -0.137. The van der Waals surface area contributed by atoms with Crippen LogP contribution in [0.3, 0.4) is 0 Å².